The highest BCUT2D eigenvalue weighted by Crippen LogP contribution is 2.29. The Morgan fingerprint density at radius 2 is 1.88 bits per heavy atom. The van der Waals surface area contributed by atoms with E-state index in [1.807, 2.05) is 30.3 Å². The van der Waals surface area contributed by atoms with Crippen LogP contribution in [0.4, 0.5) is 5.69 Å². The first kappa shape index (κ1) is 17.5. The molecule has 2 aromatic carbocycles. The Hall–Kier alpha value is -3.28. The summed E-state index contributed by atoms with van der Waals surface area (Å²) in [6.45, 7) is 1.80. The summed E-state index contributed by atoms with van der Waals surface area (Å²) in [5.41, 5.74) is 2.02. The number of benzene rings is 2. The zero-order chi connectivity index (χ0) is 18.5. The molecule has 3 aromatic rings. The van der Waals surface area contributed by atoms with Gasteiger partial charge in [0.15, 0.2) is 0 Å². The first-order valence-corrected chi connectivity index (χ1v) is 8.14. The predicted octanol–water partition coefficient (Wildman–Crippen LogP) is 3.85. The van der Waals surface area contributed by atoms with Gasteiger partial charge >= 0.3 is 0 Å². The lowest BCUT2D eigenvalue weighted by molar-refractivity contribution is -0.115. The Labute approximate surface area is 151 Å². The van der Waals surface area contributed by atoms with Crippen LogP contribution in [0.5, 0.6) is 11.5 Å². The van der Waals surface area contributed by atoms with Crippen LogP contribution in [0.1, 0.15) is 11.5 Å². The van der Waals surface area contributed by atoms with E-state index in [0.717, 1.165) is 5.56 Å². The van der Waals surface area contributed by atoms with E-state index in [0.29, 0.717) is 34.5 Å². The molecule has 0 unspecified atom stereocenters. The van der Waals surface area contributed by atoms with Gasteiger partial charge in [-0.05, 0) is 31.2 Å². The summed E-state index contributed by atoms with van der Waals surface area (Å²) in [5.74, 6) is 2.10. The SMILES string of the molecule is COc1ccc(OC)c(NC(=O)Cc2nc(-c3ccccc3)oc2C)c1. The minimum atomic E-state index is -0.215. The van der Waals surface area contributed by atoms with Crippen molar-refractivity contribution in [2.75, 3.05) is 19.5 Å². The standard InChI is InChI=1S/C20H20N2O4/c1-13-16(22-20(26-13)14-7-5-4-6-8-14)12-19(23)21-17-11-15(24-2)9-10-18(17)25-3/h4-11H,12H2,1-3H3,(H,21,23). The topological polar surface area (TPSA) is 73.6 Å². The number of hydrogen-bond acceptors (Lipinski definition) is 5. The van der Waals surface area contributed by atoms with Gasteiger partial charge in [-0.15, -0.1) is 0 Å². The van der Waals surface area contributed by atoms with Crippen molar-refractivity contribution in [3.05, 3.63) is 60.0 Å². The van der Waals surface area contributed by atoms with Crippen LogP contribution < -0.4 is 14.8 Å². The third-order valence-electron chi connectivity index (χ3n) is 3.92. The fourth-order valence-electron chi connectivity index (χ4n) is 2.55. The molecule has 0 fully saturated rings. The summed E-state index contributed by atoms with van der Waals surface area (Å²) in [7, 11) is 3.11. The van der Waals surface area contributed by atoms with Crippen molar-refractivity contribution in [1.29, 1.82) is 0 Å². The summed E-state index contributed by atoms with van der Waals surface area (Å²) >= 11 is 0. The molecular formula is C20H20N2O4. The van der Waals surface area contributed by atoms with Crippen LogP contribution in [0, 0.1) is 6.92 Å². The molecule has 26 heavy (non-hydrogen) atoms. The maximum absolute atomic E-state index is 12.5. The van der Waals surface area contributed by atoms with Crippen molar-refractivity contribution in [1.82, 2.24) is 4.98 Å². The monoisotopic (exact) mass is 352 g/mol. The lowest BCUT2D eigenvalue weighted by Crippen LogP contribution is -2.15. The van der Waals surface area contributed by atoms with E-state index >= 15 is 0 Å². The van der Waals surface area contributed by atoms with Gasteiger partial charge < -0.3 is 19.2 Å². The molecule has 1 aromatic heterocycles. The molecule has 134 valence electrons. The molecule has 3 rings (SSSR count). The number of methoxy groups -OCH3 is 2. The molecule has 6 heteroatoms. The second-order valence-corrected chi connectivity index (χ2v) is 5.68. The number of nitrogens with one attached hydrogen (secondary N) is 1. The van der Waals surface area contributed by atoms with Crippen molar-refractivity contribution in [2.45, 2.75) is 13.3 Å². The normalized spacial score (nSPS) is 10.4. The summed E-state index contributed by atoms with van der Waals surface area (Å²) in [4.78, 5) is 16.9. The fraction of sp³-hybridized carbons (Fsp3) is 0.200. The van der Waals surface area contributed by atoms with E-state index in [1.54, 1.807) is 39.3 Å². The average Bonchev–Trinajstić information content (AvgIpc) is 3.02. The maximum atomic E-state index is 12.5. The first-order valence-electron chi connectivity index (χ1n) is 8.14. The highest BCUT2D eigenvalue weighted by Gasteiger charge is 2.16. The second-order valence-electron chi connectivity index (χ2n) is 5.68. The quantitative estimate of drug-likeness (QED) is 0.729. The Morgan fingerprint density at radius 3 is 2.58 bits per heavy atom. The number of ether oxygens (including phenoxy) is 2. The number of amides is 1. The lowest BCUT2D eigenvalue weighted by atomic mass is 10.2. The third kappa shape index (κ3) is 3.85. The Morgan fingerprint density at radius 1 is 1.12 bits per heavy atom. The molecule has 0 bridgehead atoms. The van der Waals surface area contributed by atoms with Gasteiger partial charge in [0.25, 0.3) is 0 Å². The van der Waals surface area contributed by atoms with E-state index in [9.17, 15) is 4.79 Å². The molecule has 0 spiro atoms. The largest absolute Gasteiger partial charge is 0.497 e. The molecule has 0 saturated heterocycles. The minimum absolute atomic E-state index is 0.0997. The highest BCUT2D eigenvalue weighted by molar-refractivity contribution is 5.93. The molecule has 0 atom stereocenters. The van der Waals surface area contributed by atoms with Gasteiger partial charge in [-0.2, -0.15) is 0 Å². The number of oxazole rings is 1. The van der Waals surface area contributed by atoms with Crippen molar-refractivity contribution in [2.24, 2.45) is 0 Å². The summed E-state index contributed by atoms with van der Waals surface area (Å²) in [6.07, 6.45) is 0.0997. The van der Waals surface area contributed by atoms with Crippen molar-refractivity contribution >= 4 is 11.6 Å². The fourth-order valence-corrected chi connectivity index (χ4v) is 2.55. The smallest absolute Gasteiger partial charge is 0.230 e. The molecule has 0 aliphatic rings. The number of anilines is 1. The Bertz CT molecular complexity index is 903. The molecular weight excluding hydrogens is 332 g/mol. The Balaban J connectivity index is 1.76. The van der Waals surface area contributed by atoms with Crippen LogP contribution in [0.25, 0.3) is 11.5 Å². The lowest BCUT2D eigenvalue weighted by Gasteiger charge is -2.11. The number of nitrogens with zero attached hydrogens (tertiary/aromatic N) is 1. The highest BCUT2D eigenvalue weighted by atomic mass is 16.5. The van der Waals surface area contributed by atoms with E-state index in [-0.39, 0.29) is 12.3 Å². The van der Waals surface area contributed by atoms with Gasteiger partial charge in [0.05, 0.1) is 32.0 Å². The average molecular weight is 352 g/mol. The van der Waals surface area contributed by atoms with Gasteiger partial charge in [0, 0.05) is 11.6 Å². The zero-order valence-corrected chi connectivity index (χ0v) is 14.9. The van der Waals surface area contributed by atoms with Crippen LogP contribution >= 0.6 is 0 Å². The molecule has 0 aliphatic heterocycles. The maximum Gasteiger partial charge on any atom is 0.230 e. The van der Waals surface area contributed by atoms with Crippen LogP contribution in [-0.4, -0.2) is 25.1 Å². The number of carbonyl (C=O) groups excluding carboxylic acids is 1. The van der Waals surface area contributed by atoms with Crippen LogP contribution in [0.2, 0.25) is 0 Å². The number of aromatic nitrogens is 1. The molecule has 0 radical (unpaired) electrons. The summed E-state index contributed by atoms with van der Waals surface area (Å²) in [5, 5.41) is 2.84. The predicted molar refractivity (Wildman–Crippen MR) is 98.6 cm³/mol. The molecule has 1 amide bonds. The molecule has 0 saturated carbocycles. The van der Waals surface area contributed by atoms with Gasteiger partial charge in [-0.3, -0.25) is 4.79 Å². The second kappa shape index (κ2) is 7.74. The molecule has 1 N–H and O–H groups in total. The van der Waals surface area contributed by atoms with Crippen LogP contribution in [-0.2, 0) is 11.2 Å². The summed E-state index contributed by atoms with van der Waals surface area (Å²) in [6, 6.07) is 14.8. The van der Waals surface area contributed by atoms with Crippen LogP contribution in [0.3, 0.4) is 0 Å². The van der Waals surface area contributed by atoms with E-state index in [1.165, 1.54) is 0 Å². The van der Waals surface area contributed by atoms with Gasteiger partial charge in [0.2, 0.25) is 11.8 Å². The van der Waals surface area contributed by atoms with Crippen LogP contribution in [0.15, 0.2) is 52.9 Å². The van der Waals surface area contributed by atoms with Gasteiger partial charge in [-0.1, -0.05) is 18.2 Å². The summed E-state index contributed by atoms with van der Waals surface area (Å²) < 4.78 is 16.2. The minimum Gasteiger partial charge on any atom is -0.497 e. The number of rotatable bonds is 6. The number of hydrogen-bond donors (Lipinski definition) is 1. The van der Waals surface area contributed by atoms with E-state index < -0.39 is 0 Å². The van der Waals surface area contributed by atoms with Crippen molar-refractivity contribution in [3.63, 3.8) is 0 Å². The van der Waals surface area contributed by atoms with Crippen molar-refractivity contribution in [3.8, 4) is 23.0 Å². The van der Waals surface area contributed by atoms with Gasteiger partial charge in [-0.25, -0.2) is 4.98 Å². The molecule has 6 nitrogen and oxygen atoms in total. The van der Waals surface area contributed by atoms with Gasteiger partial charge in [0.1, 0.15) is 17.3 Å². The number of aryl methyl sites for hydroxylation is 1. The third-order valence-corrected chi connectivity index (χ3v) is 3.92. The Kier molecular flexibility index (Phi) is 5.22. The van der Waals surface area contributed by atoms with Crippen molar-refractivity contribution < 1.29 is 18.7 Å². The zero-order valence-electron chi connectivity index (χ0n) is 14.9. The van der Waals surface area contributed by atoms with E-state index in [4.69, 9.17) is 13.9 Å². The number of carbonyl (C=O) groups is 1. The molecule has 1 heterocycles. The molecule has 0 aliphatic carbocycles. The van der Waals surface area contributed by atoms with E-state index in [2.05, 4.69) is 10.3 Å². The first-order chi connectivity index (χ1) is 12.6.